The predicted molar refractivity (Wildman–Crippen MR) is 75.3 cm³/mol. The topological polar surface area (TPSA) is 103 Å². The van der Waals surface area contributed by atoms with Crippen molar-refractivity contribution in [3.8, 4) is 0 Å². The lowest BCUT2D eigenvalue weighted by Gasteiger charge is -2.29. The van der Waals surface area contributed by atoms with Crippen LogP contribution in [0.2, 0.25) is 0 Å². The van der Waals surface area contributed by atoms with Gasteiger partial charge in [0.25, 0.3) is 0 Å². The third-order valence-electron chi connectivity index (χ3n) is 4.02. The number of carboxylic acids is 1. The first-order valence-electron chi connectivity index (χ1n) is 6.56. The summed E-state index contributed by atoms with van der Waals surface area (Å²) in [6.45, 7) is 1.66. The van der Waals surface area contributed by atoms with Crippen molar-refractivity contribution in [2.75, 3.05) is 6.54 Å². The molecule has 1 unspecified atom stereocenters. The molecule has 1 fully saturated rings. The van der Waals surface area contributed by atoms with Crippen LogP contribution in [0.5, 0.6) is 0 Å². The Labute approximate surface area is 121 Å². The fourth-order valence-electron chi connectivity index (χ4n) is 2.80. The van der Waals surface area contributed by atoms with Gasteiger partial charge >= 0.3 is 5.97 Å². The van der Waals surface area contributed by atoms with E-state index in [1.165, 1.54) is 13.1 Å². The molecule has 1 aliphatic rings. The Morgan fingerprint density at radius 1 is 1.52 bits per heavy atom. The van der Waals surface area contributed by atoms with Crippen LogP contribution in [0.15, 0.2) is 29.4 Å². The van der Waals surface area contributed by atoms with Gasteiger partial charge < -0.3 is 10.1 Å². The van der Waals surface area contributed by atoms with Crippen LogP contribution in [-0.4, -0.2) is 45.9 Å². The van der Waals surface area contributed by atoms with Crippen LogP contribution in [0.1, 0.15) is 19.8 Å². The van der Waals surface area contributed by atoms with Crippen molar-refractivity contribution in [1.82, 2.24) is 14.3 Å². The molecule has 1 atom stereocenters. The zero-order chi connectivity index (χ0) is 15.3. The smallest absolute Gasteiger partial charge is 0.324 e. The van der Waals surface area contributed by atoms with E-state index in [4.69, 9.17) is 0 Å². The second-order valence-electron chi connectivity index (χ2n) is 5.31. The molecule has 7 nitrogen and oxygen atoms in total. The second kappa shape index (κ2) is 4.54. The van der Waals surface area contributed by atoms with Crippen molar-refractivity contribution in [2.45, 2.75) is 30.2 Å². The first kappa shape index (κ1) is 14.0. The van der Waals surface area contributed by atoms with E-state index in [1.807, 2.05) is 0 Å². The van der Waals surface area contributed by atoms with Crippen LogP contribution in [0.4, 0.5) is 0 Å². The highest BCUT2D eigenvalue weighted by atomic mass is 32.2. The van der Waals surface area contributed by atoms with E-state index in [0.29, 0.717) is 23.9 Å². The molecule has 0 saturated carbocycles. The van der Waals surface area contributed by atoms with E-state index < -0.39 is 21.5 Å². The average molecular weight is 309 g/mol. The average Bonchev–Trinajstić information content (AvgIpc) is 3.03. The third kappa shape index (κ3) is 1.94. The van der Waals surface area contributed by atoms with E-state index in [1.54, 1.807) is 18.3 Å². The number of hydrogen-bond donors (Lipinski definition) is 2. The summed E-state index contributed by atoms with van der Waals surface area (Å²) in [6.07, 6.45) is 3.77. The number of sulfonamides is 1. The second-order valence-corrected chi connectivity index (χ2v) is 7.14. The molecule has 2 aromatic rings. The Balaban J connectivity index is 2.15. The van der Waals surface area contributed by atoms with Gasteiger partial charge in [0.2, 0.25) is 10.0 Å². The Morgan fingerprint density at radius 3 is 3.00 bits per heavy atom. The number of aromatic amines is 1. The van der Waals surface area contributed by atoms with E-state index >= 15 is 0 Å². The van der Waals surface area contributed by atoms with Crippen LogP contribution in [0, 0.1) is 0 Å². The van der Waals surface area contributed by atoms with Crippen LogP contribution in [0.3, 0.4) is 0 Å². The van der Waals surface area contributed by atoms with Crippen molar-refractivity contribution in [3.63, 3.8) is 0 Å². The summed E-state index contributed by atoms with van der Waals surface area (Å²) in [4.78, 5) is 18.4. The fourth-order valence-corrected chi connectivity index (χ4v) is 4.76. The molecule has 0 aromatic carbocycles. The third-order valence-corrected chi connectivity index (χ3v) is 6.08. The van der Waals surface area contributed by atoms with Gasteiger partial charge in [-0.05, 0) is 31.9 Å². The van der Waals surface area contributed by atoms with E-state index in [9.17, 15) is 18.3 Å². The highest BCUT2D eigenvalue weighted by molar-refractivity contribution is 7.89. The molecule has 0 spiro atoms. The van der Waals surface area contributed by atoms with Crippen molar-refractivity contribution in [1.29, 1.82) is 0 Å². The van der Waals surface area contributed by atoms with Gasteiger partial charge in [-0.25, -0.2) is 13.4 Å². The number of carbonyl (C=O) groups is 1. The van der Waals surface area contributed by atoms with Crippen molar-refractivity contribution in [2.24, 2.45) is 0 Å². The normalized spacial score (nSPS) is 23.7. The Morgan fingerprint density at radius 2 is 2.29 bits per heavy atom. The summed E-state index contributed by atoms with van der Waals surface area (Å²) < 4.78 is 26.8. The van der Waals surface area contributed by atoms with Crippen LogP contribution in [0.25, 0.3) is 11.0 Å². The molecule has 3 rings (SSSR count). The highest BCUT2D eigenvalue weighted by Crippen LogP contribution is 2.36. The lowest BCUT2D eigenvalue weighted by Crippen LogP contribution is -2.50. The molecule has 0 aliphatic carbocycles. The van der Waals surface area contributed by atoms with Crippen molar-refractivity contribution < 1.29 is 18.3 Å². The zero-order valence-corrected chi connectivity index (χ0v) is 12.2. The summed E-state index contributed by atoms with van der Waals surface area (Å²) in [6, 6.07) is 3.30. The van der Waals surface area contributed by atoms with Gasteiger partial charge in [-0.15, -0.1) is 0 Å². The summed E-state index contributed by atoms with van der Waals surface area (Å²) in [5.41, 5.74) is -0.933. The molecular weight excluding hydrogens is 294 g/mol. The first-order valence-corrected chi connectivity index (χ1v) is 8.00. The summed E-state index contributed by atoms with van der Waals surface area (Å²) in [5, 5.41) is 9.86. The lowest BCUT2D eigenvalue weighted by molar-refractivity contribution is -0.146. The summed E-state index contributed by atoms with van der Waals surface area (Å²) in [5.74, 6) is -1.12. The number of aliphatic carboxylic acids is 1. The zero-order valence-electron chi connectivity index (χ0n) is 11.4. The maximum absolute atomic E-state index is 12.8. The number of pyridine rings is 1. The Kier molecular flexibility index (Phi) is 3.03. The van der Waals surface area contributed by atoms with Gasteiger partial charge in [-0.2, -0.15) is 4.31 Å². The molecule has 21 heavy (non-hydrogen) atoms. The molecule has 1 saturated heterocycles. The van der Waals surface area contributed by atoms with Crippen molar-refractivity contribution >= 4 is 27.0 Å². The molecule has 1 aliphatic heterocycles. The molecule has 0 radical (unpaired) electrons. The quantitative estimate of drug-likeness (QED) is 0.886. The minimum atomic E-state index is -3.89. The maximum atomic E-state index is 12.8. The number of carboxylic acid groups (broad SMARTS) is 1. The fraction of sp³-hybridized carbons (Fsp3) is 0.385. The molecule has 3 heterocycles. The van der Waals surface area contributed by atoms with Gasteiger partial charge in [-0.1, -0.05) is 0 Å². The SMILES string of the molecule is CC1(C(=O)O)CCCN1S(=O)(=O)c1c[nH]c2ncccc12. The first-order chi connectivity index (χ1) is 9.87. The molecule has 0 bridgehead atoms. The van der Waals surface area contributed by atoms with Crippen LogP contribution in [-0.2, 0) is 14.8 Å². The number of nitrogens with one attached hydrogen (secondary N) is 1. The molecule has 2 aromatic heterocycles. The monoisotopic (exact) mass is 309 g/mol. The van der Waals surface area contributed by atoms with Gasteiger partial charge in [0.1, 0.15) is 16.1 Å². The number of rotatable bonds is 3. The molecule has 8 heteroatoms. The number of nitrogens with zero attached hydrogens (tertiary/aromatic N) is 2. The Hall–Kier alpha value is -1.93. The molecular formula is C13H15N3O4S. The standard InChI is InChI=1S/C13H15N3O4S/c1-13(12(17)18)5-3-7-16(13)21(19,20)10-8-15-11-9(10)4-2-6-14-11/h2,4,6,8H,3,5,7H2,1H3,(H,14,15)(H,17,18). The van der Waals surface area contributed by atoms with E-state index in [2.05, 4.69) is 9.97 Å². The molecule has 0 amide bonds. The largest absolute Gasteiger partial charge is 0.480 e. The number of hydrogen-bond acceptors (Lipinski definition) is 4. The molecule has 2 N–H and O–H groups in total. The lowest BCUT2D eigenvalue weighted by atomic mass is 10.0. The van der Waals surface area contributed by atoms with Crippen molar-refractivity contribution in [3.05, 3.63) is 24.5 Å². The molecule has 112 valence electrons. The van der Waals surface area contributed by atoms with Gasteiger partial charge in [0, 0.05) is 24.3 Å². The van der Waals surface area contributed by atoms with E-state index in [-0.39, 0.29) is 11.4 Å². The van der Waals surface area contributed by atoms with Gasteiger partial charge in [0.05, 0.1) is 0 Å². The van der Waals surface area contributed by atoms with Gasteiger partial charge in [-0.3, -0.25) is 4.79 Å². The van der Waals surface area contributed by atoms with Crippen LogP contribution < -0.4 is 0 Å². The number of aromatic nitrogens is 2. The minimum absolute atomic E-state index is 0.0694. The van der Waals surface area contributed by atoms with Gasteiger partial charge in [0.15, 0.2) is 0 Å². The highest BCUT2D eigenvalue weighted by Gasteiger charge is 2.50. The van der Waals surface area contributed by atoms with Crippen LogP contribution >= 0.6 is 0 Å². The summed E-state index contributed by atoms with van der Waals surface area (Å²) >= 11 is 0. The number of H-pyrrole nitrogens is 1. The Bertz CT molecular complexity index is 814. The maximum Gasteiger partial charge on any atom is 0.324 e. The predicted octanol–water partition coefficient (Wildman–Crippen LogP) is 1.19. The van der Waals surface area contributed by atoms with E-state index in [0.717, 1.165) is 4.31 Å². The number of fused-ring (bicyclic) bond motifs is 1. The minimum Gasteiger partial charge on any atom is -0.480 e. The summed E-state index contributed by atoms with van der Waals surface area (Å²) in [7, 11) is -3.89.